The molecule has 20 nitrogen and oxygen atoms in total. The predicted octanol–water partition coefficient (Wildman–Crippen LogP) is 7.77. The van der Waals surface area contributed by atoms with E-state index in [-0.39, 0.29) is 11.5 Å². The van der Waals surface area contributed by atoms with E-state index in [4.69, 9.17) is 56.8 Å². The lowest BCUT2D eigenvalue weighted by molar-refractivity contribution is -0.288. The number of hydrogen-bond acceptors (Lipinski definition) is 24. The molecule has 0 aliphatic carbocycles. The van der Waals surface area contributed by atoms with Crippen molar-refractivity contribution in [3.63, 3.8) is 0 Å². The average Bonchev–Trinajstić information content (AvgIpc) is 4.18. The van der Waals surface area contributed by atoms with Crippen molar-refractivity contribution in [3.8, 4) is 51.9 Å². The lowest BCUT2D eigenvalue weighted by Gasteiger charge is -2.44. The van der Waals surface area contributed by atoms with E-state index in [0.717, 1.165) is 68.0 Å². The molecule has 1 aliphatic rings. The molecule has 0 bridgehead atoms. The van der Waals surface area contributed by atoms with Crippen molar-refractivity contribution in [1.29, 1.82) is 0 Å². The molecule has 8 atom stereocenters. The fourth-order valence-electron chi connectivity index (χ4n) is 7.30. The Balaban J connectivity index is 1.57. The minimum Gasteiger partial charge on any atom is -0.463 e. The minimum atomic E-state index is -1.66. The molecule has 0 spiro atoms. The predicted molar refractivity (Wildman–Crippen MR) is 267 cm³/mol. The fourth-order valence-corrected chi connectivity index (χ4v) is 11.0. The van der Waals surface area contributed by atoms with Crippen molar-refractivity contribution in [2.75, 3.05) is 26.4 Å². The molecule has 1 fully saturated rings. The Hall–Kier alpha value is -6.70. The van der Waals surface area contributed by atoms with Gasteiger partial charge < -0.3 is 56.8 Å². The quantitative estimate of drug-likeness (QED) is 0.0344. The fraction of sp³-hybridized carbons (Fsp3) is 0.400. The SMILES string of the molecule is CC(=O)OCC1O[C@@H](Oc2cc(-c3ccc(-c4cccs4)s3)c(O[C@@H](COC(C)=O)OC(COC(C)=O)[C@H](COC(C)=O)OC(C)=O)cc2-c2ccc(-c3cccs3)s2)C(OC(C)=O)C(OC(C)=O)[C@@H]1OC(C)=O. The van der Waals surface area contributed by atoms with E-state index in [1.807, 2.05) is 59.3 Å². The van der Waals surface area contributed by atoms with Gasteiger partial charge in [0.25, 0.3) is 0 Å². The lowest BCUT2D eigenvalue weighted by atomic mass is 9.98. The summed E-state index contributed by atoms with van der Waals surface area (Å²) in [7, 11) is 0. The van der Waals surface area contributed by atoms with Gasteiger partial charge in [-0.25, -0.2) is 0 Å². The van der Waals surface area contributed by atoms with Gasteiger partial charge >= 0.3 is 47.8 Å². The van der Waals surface area contributed by atoms with Crippen LogP contribution in [-0.4, -0.2) is 123 Å². The summed E-state index contributed by atoms with van der Waals surface area (Å²) in [5.74, 6) is -5.96. The number of ether oxygens (including phenoxy) is 12. The molecule has 1 aromatic carbocycles. The first-order valence-corrected chi connectivity index (χ1v) is 26.0. The Morgan fingerprint density at radius 1 is 0.500 bits per heavy atom. The molecule has 5 heterocycles. The summed E-state index contributed by atoms with van der Waals surface area (Å²) in [6.07, 6.45) is -11.9. The second kappa shape index (κ2) is 26.5. The zero-order chi connectivity index (χ0) is 53.6. The molecule has 4 aromatic heterocycles. The molecule has 1 saturated heterocycles. The van der Waals surface area contributed by atoms with Crippen LogP contribution in [0.4, 0.5) is 0 Å². The Labute approximate surface area is 440 Å². The standard InChI is InChI=1S/C50H52O20S4/c1-25(51)59-21-37(63-29(5)55)38(22-60-26(2)52)68-46(24-62-28(4)54)67-35-19-34(41-14-16-45(74-41)43-12-10-18-72-43)36(20-33(35)40-13-15-44(73-40)42-11-9-17-71-42)69-50-49(66-32(8)58)48(65-31(7)57)47(64-30(6)56)39(70-50)23-61-27(3)53/h9-20,37-39,46-50H,21-24H2,1-8H3/t37-,38?,39?,46+,47+,48?,49?,50+/m0/s1. The molecule has 1 aliphatic heterocycles. The monoisotopic (exact) mass is 1100 g/mol. The van der Waals surface area contributed by atoms with Gasteiger partial charge in [0.15, 0.2) is 24.9 Å². The highest BCUT2D eigenvalue weighted by Crippen LogP contribution is 2.48. The van der Waals surface area contributed by atoms with Crippen LogP contribution in [0.1, 0.15) is 55.4 Å². The van der Waals surface area contributed by atoms with Crippen LogP contribution in [0, 0.1) is 0 Å². The highest BCUT2D eigenvalue weighted by Gasteiger charge is 2.53. The Bertz CT molecular complexity index is 2760. The maximum atomic E-state index is 12.9. The molecule has 396 valence electrons. The van der Waals surface area contributed by atoms with Crippen molar-refractivity contribution < 1.29 is 95.2 Å². The number of hydrogen-bond donors (Lipinski definition) is 0. The van der Waals surface area contributed by atoms with Gasteiger partial charge in [-0.3, -0.25) is 38.4 Å². The largest absolute Gasteiger partial charge is 0.463 e. The summed E-state index contributed by atoms with van der Waals surface area (Å²) in [5, 5.41) is 3.85. The highest BCUT2D eigenvalue weighted by molar-refractivity contribution is 7.23. The summed E-state index contributed by atoms with van der Waals surface area (Å²) in [5.41, 5.74) is 0.691. The smallest absolute Gasteiger partial charge is 0.303 e. The number of thiophene rings is 4. The third-order valence-electron chi connectivity index (χ3n) is 10.2. The van der Waals surface area contributed by atoms with Crippen LogP contribution < -0.4 is 9.47 Å². The van der Waals surface area contributed by atoms with Crippen LogP contribution in [0.2, 0.25) is 0 Å². The molecule has 0 radical (unpaired) electrons. The van der Waals surface area contributed by atoms with Crippen molar-refractivity contribution >= 4 is 93.1 Å². The second-order valence-electron chi connectivity index (χ2n) is 16.1. The summed E-state index contributed by atoms with van der Waals surface area (Å²) < 4.78 is 70.2. The van der Waals surface area contributed by atoms with E-state index < -0.39 is 123 Å². The molecule has 24 heteroatoms. The maximum Gasteiger partial charge on any atom is 0.303 e. The van der Waals surface area contributed by atoms with E-state index in [1.54, 1.807) is 12.1 Å². The number of esters is 8. The van der Waals surface area contributed by atoms with Gasteiger partial charge in [0, 0.05) is 95.8 Å². The molecule has 6 rings (SSSR count). The van der Waals surface area contributed by atoms with Crippen molar-refractivity contribution in [2.24, 2.45) is 0 Å². The van der Waals surface area contributed by atoms with Gasteiger partial charge in [-0.05, 0) is 59.3 Å². The van der Waals surface area contributed by atoms with E-state index in [2.05, 4.69) is 0 Å². The van der Waals surface area contributed by atoms with Crippen LogP contribution in [0.15, 0.2) is 71.4 Å². The first-order valence-electron chi connectivity index (χ1n) is 22.6. The van der Waals surface area contributed by atoms with Gasteiger partial charge in [0.2, 0.25) is 18.7 Å². The first-order chi connectivity index (χ1) is 35.2. The van der Waals surface area contributed by atoms with Crippen molar-refractivity contribution in [3.05, 3.63) is 71.4 Å². The van der Waals surface area contributed by atoms with Gasteiger partial charge in [0.05, 0.1) is 0 Å². The third-order valence-corrected chi connectivity index (χ3v) is 14.6. The zero-order valence-corrected chi connectivity index (χ0v) is 44.4. The van der Waals surface area contributed by atoms with Crippen LogP contribution in [0.25, 0.3) is 40.4 Å². The summed E-state index contributed by atoms with van der Waals surface area (Å²) >= 11 is 5.76. The Morgan fingerprint density at radius 3 is 1.47 bits per heavy atom. The summed E-state index contributed by atoms with van der Waals surface area (Å²) in [4.78, 5) is 104. The van der Waals surface area contributed by atoms with Gasteiger partial charge in [0.1, 0.15) is 43.5 Å². The molecular formula is C50H52O20S4. The normalized spacial score (nSPS) is 18.4. The van der Waals surface area contributed by atoms with E-state index in [1.165, 1.54) is 52.3 Å². The Morgan fingerprint density at radius 2 is 0.973 bits per heavy atom. The molecule has 74 heavy (non-hydrogen) atoms. The van der Waals surface area contributed by atoms with E-state index in [9.17, 15) is 38.4 Å². The van der Waals surface area contributed by atoms with E-state index >= 15 is 0 Å². The molecule has 0 N–H and O–H groups in total. The van der Waals surface area contributed by atoms with Crippen LogP contribution in [-0.2, 0) is 85.7 Å². The zero-order valence-electron chi connectivity index (χ0n) is 41.2. The molecule has 4 unspecified atom stereocenters. The summed E-state index contributed by atoms with van der Waals surface area (Å²) in [6.45, 7) is 6.92. The number of benzene rings is 1. The topological polar surface area (TPSA) is 247 Å². The lowest BCUT2D eigenvalue weighted by Crippen LogP contribution is -2.63. The third kappa shape index (κ3) is 16.1. The van der Waals surface area contributed by atoms with E-state index in [0.29, 0.717) is 20.9 Å². The molecule has 0 saturated carbocycles. The van der Waals surface area contributed by atoms with Crippen LogP contribution in [0.3, 0.4) is 0 Å². The van der Waals surface area contributed by atoms with Crippen LogP contribution in [0.5, 0.6) is 11.5 Å². The maximum absolute atomic E-state index is 12.9. The molecule has 5 aromatic rings. The number of carbonyl (C=O) groups is 8. The van der Waals surface area contributed by atoms with Crippen LogP contribution >= 0.6 is 45.3 Å². The van der Waals surface area contributed by atoms with Crippen molar-refractivity contribution in [2.45, 2.75) is 105 Å². The molecular weight excluding hydrogens is 1050 g/mol. The average molecular weight is 1100 g/mol. The minimum absolute atomic E-state index is 0.0837. The number of rotatable bonds is 23. The summed E-state index contributed by atoms with van der Waals surface area (Å²) in [6, 6.07) is 18.4. The number of carbonyl (C=O) groups excluding carboxylic acids is 8. The highest BCUT2D eigenvalue weighted by atomic mass is 32.1. The second-order valence-corrected chi connectivity index (χ2v) is 20.2. The first kappa shape index (κ1) is 56.6. The molecule has 0 amide bonds. The Kier molecular flexibility index (Phi) is 20.3. The van der Waals surface area contributed by atoms with Gasteiger partial charge in [-0.1, -0.05) is 12.1 Å². The van der Waals surface area contributed by atoms with Crippen molar-refractivity contribution in [1.82, 2.24) is 0 Å². The van der Waals surface area contributed by atoms with Gasteiger partial charge in [-0.15, -0.1) is 45.3 Å². The van der Waals surface area contributed by atoms with Gasteiger partial charge in [-0.2, -0.15) is 0 Å².